The van der Waals surface area contributed by atoms with Crippen molar-refractivity contribution in [3.63, 3.8) is 0 Å². The average molecular weight is 297 g/mol. The second kappa shape index (κ2) is 6.90. The molecule has 2 aliphatic heterocycles. The zero-order valence-corrected chi connectivity index (χ0v) is 13.7. The van der Waals surface area contributed by atoms with Crippen molar-refractivity contribution in [2.45, 2.75) is 26.8 Å². The quantitative estimate of drug-likeness (QED) is 0.768. The number of carbonyl (C=O) groups excluding carboxylic acids is 1. The maximum Gasteiger partial charge on any atom is 0.247 e. The highest BCUT2D eigenvalue weighted by atomic mass is 16.5. The van der Waals surface area contributed by atoms with Gasteiger partial charge in [-0.05, 0) is 5.41 Å². The van der Waals surface area contributed by atoms with Crippen molar-refractivity contribution < 1.29 is 11.0 Å². The van der Waals surface area contributed by atoms with Gasteiger partial charge in [0.25, 0.3) is 0 Å². The minimum absolute atomic E-state index is 0. The molecule has 2 saturated heterocycles. The molecule has 0 aliphatic carbocycles. The summed E-state index contributed by atoms with van der Waals surface area (Å²) in [5, 5.41) is 2.97. The number of hydrogen-bond acceptors (Lipinski definition) is 4. The highest BCUT2D eigenvalue weighted by Gasteiger charge is 2.29. The summed E-state index contributed by atoms with van der Waals surface area (Å²) < 4.78 is 5.24. The molecule has 5 heteroatoms. The highest BCUT2D eigenvalue weighted by Crippen LogP contribution is 2.14. The van der Waals surface area contributed by atoms with Crippen LogP contribution in [0.2, 0.25) is 0 Å². The number of nitrogens with one attached hydrogen (secondary N) is 1. The third-order valence-corrected chi connectivity index (χ3v) is 4.06. The molecule has 0 saturated carbocycles. The maximum absolute atomic E-state index is 12.0. The van der Waals surface area contributed by atoms with Gasteiger partial charge in [-0.15, -0.1) is 0 Å². The number of nitrogens with zero attached hydrogens (tertiary/aromatic N) is 2. The van der Waals surface area contributed by atoms with E-state index in [0.29, 0.717) is 24.7 Å². The zero-order valence-electron chi connectivity index (χ0n) is 13.7. The van der Waals surface area contributed by atoms with Gasteiger partial charge in [-0.1, -0.05) is 27.4 Å². The van der Waals surface area contributed by atoms with Gasteiger partial charge >= 0.3 is 0 Å². The molecular weight excluding hydrogens is 266 g/mol. The Hall–Kier alpha value is -0.910. The first-order chi connectivity index (χ1) is 9.85. The normalized spacial score (nSPS) is 21.9. The van der Waals surface area contributed by atoms with Crippen LogP contribution >= 0.6 is 0 Å². The molecule has 0 spiro atoms. The van der Waals surface area contributed by atoms with Gasteiger partial charge in [0.05, 0.1) is 19.3 Å². The van der Waals surface area contributed by atoms with Crippen molar-refractivity contribution in [2.75, 3.05) is 52.5 Å². The van der Waals surface area contributed by atoms with Gasteiger partial charge < -0.3 is 10.1 Å². The number of ether oxygens (including phenoxy) is 1. The van der Waals surface area contributed by atoms with E-state index >= 15 is 0 Å². The van der Waals surface area contributed by atoms with Gasteiger partial charge in [-0.3, -0.25) is 14.6 Å². The van der Waals surface area contributed by atoms with Gasteiger partial charge in [-0.25, -0.2) is 0 Å². The molecule has 2 aliphatic rings. The van der Waals surface area contributed by atoms with E-state index in [2.05, 4.69) is 42.5 Å². The van der Waals surface area contributed by atoms with E-state index in [0.717, 1.165) is 39.4 Å². The molecule has 5 nitrogen and oxygen atoms in total. The first kappa shape index (κ1) is 16.5. The lowest BCUT2D eigenvalue weighted by Gasteiger charge is -2.42. The maximum atomic E-state index is 12.0. The largest absolute Gasteiger partial charge is 0.378 e. The lowest BCUT2D eigenvalue weighted by molar-refractivity contribution is -0.118. The summed E-state index contributed by atoms with van der Waals surface area (Å²) in [4.78, 5) is 16.8. The van der Waals surface area contributed by atoms with Crippen LogP contribution in [0.25, 0.3) is 0 Å². The summed E-state index contributed by atoms with van der Waals surface area (Å²) in [5.41, 5.74) is 0.770. The number of rotatable bonds is 5. The van der Waals surface area contributed by atoms with Gasteiger partial charge in [0.1, 0.15) is 0 Å². The van der Waals surface area contributed by atoms with E-state index in [4.69, 9.17) is 4.74 Å². The SMILES string of the molecule is C=C(CN1CCN(C2COC2)CC1)C(=O)NCC(C)(C)C.[HH]. The lowest BCUT2D eigenvalue weighted by atomic mass is 9.97. The van der Waals surface area contributed by atoms with E-state index in [-0.39, 0.29) is 12.7 Å². The second-order valence-corrected chi connectivity index (χ2v) is 7.35. The van der Waals surface area contributed by atoms with Gasteiger partial charge in [0, 0.05) is 46.3 Å². The third-order valence-electron chi connectivity index (χ3n) is 4.06. The van der Waals surface area contributed by atoms with Crippen LogP contribution in [0.15, 0.2) is 12.2 Å². The molecule has 0 bridgehead atoms. The minimum Gasteiger partial charge on any atom is -0.378 e. The van der Waals surface area contributed by atoms with Crippen molar-refractivity contribution in [3.8, 4) is 0 Å². The lowest BCUT2D eigenvalue weighted by Crippen LogP contribution is -2.56. The Morgan fingerprint density at radius 3 is 2.38 bits per heavy atom. The second-order valence-electron chi connectivity index (χ2n) is 7.35. The summed E-state index contributed by atoms with van der Waals surface area (Å²) in [7, 11) is 0. The van der Waals surface area contributed by atoms with Crippen LogP contribution in [0.1, 0.15) is 22.2 Å². The van der Waals surface area contributed by atoms with Gasteiger partial charge in [-0.2, -0.15) is 0 Å². The van der Waals surface area contributed by atoms with E-state index in [1.807, 2.05) is 0 Å². The molecule has 1 amide bonds. The molecule has 2 heterocycles. The van der Waals surface area contributed by atoms with Crippen LogP contribution in [-0.4, -0.2) is 74.2 Å². The first-order valence-corrected chi connectivity index (χ1v) is 7.85. The van der Waals surface area contributed by atoms with Gasteiger partial charge in [0.2, 0.25) is 5.91 Å². The Morgan fingerprint density at radius 2 is 1.90 bits per heavy atom. The predicted molar refractivity (Wildman–Crippen MR) is 86.3 cm³/mol. The molecule has 0 aromatic rings. The molecule has 0 unspecified atom stereocenters. The molecule has 0 aromatic heterocycles. The number of hydrogen-bond donors (Lipinski definition) is 1. The van der Waals surface area contributed by atoms with Crippen molar-refractivity contribution in [1.82, 2.24) is 15.1 Å². The summed E-state index contributed by atoms with van der Waals surface area (Å²) in [6, 6.07) is 0.616. The molecule has 1 N–H and O–H groups in total. The highest BCUT2D eigenvalue weighted by molar-refractivity contribution is 5.93. The van der Waals surface area contributed by atoms with Crippen molar-refractivity contribution in [3.05, 3.63) is 12.2 Å². The Kier molecular flexibility index (Phi) is 5.41. The van der Waals surface area contributed by atoms with Crippen LogP contribution in [0.3, 0.4) is 0 Å². The first-order valence-electron chi connectivity index (χ1n) is 7.85. The molecule has 122 valence electrons. The Balaban J connectivity index is 0.00000242. The topological polar surface area (TPSA) is 44.8 Å². The molecule has 0 aromatic carbocycles. The van der Waals surface area contributed by atoms with Crippen LogP contribution in [-0.2, 0) is 9.53 Å². The third kappa shape index (κ3) is 5.09. The standard InChI is InChI=1S/C16H29N3O2.H2/c1-13(15(20)17-12-16(2,3)4)9-18-5-7-19(8-6-18)14-10-21-11-14;/h14H,1,5-12H2,2-4H3,(H,17,20);1H. The number of piperazine rings is 1. The smallest absolute Gasteiger partial charge is 0.247 e. The summed E-state index contributed by atoms with van der Waals surface area (Å²) in [5.74, 6) is -0.0141. The minimum atomic E-state index is -0.0141. The van der Waals surface area contributed by atoms with E-state index < -0.39 is 0 Å². The predicted octanol–water partition coefficient (Wildman–Crippen LogP) is 0.967. The fraction of sp³-hybridized carbons (Fsp3) is 0.812. The van der Waals surface area contributed by atoms with Crippen LogP contribution in [0.5, 0.6) is 0 Å². The Labute approximate surface area is 129 Å². The van der Waals surface area contributed by atoms with Gasteiger partial charge in [0.15, 0.2) is 0 Å². The molecule has 0 radical (unpaired) electrons. The number of amides is 1. The molecular formula is C16H31N3O2. The summed E-state index contributed by atoms with van der Waals surface area (Å²) in [6.07, 6.45) is 0. The van der Waals surface area contributed by atoms with Crippen LogP contribution in [0, 0.1) is 5.41 Å². The van der Waals surface area contributed by atoms with Crippen molar-refractivity contribution >= 4 is 5.91 Å². The van der Waals surface area contributed by atoms with E-state index in [1.54, 1.807) is 0 Å². The average Bonchev–Trinajstić information content (AvgIpc) is 2.35. The zero-order chi connectivity index (χ0) is 15.5. The van der Waals surface area contributed by atoms with Crippen molar-refractivity contribution in [1.29, 1.82) is 0 Å². The fourth-order valence-electron chi connectivity index (χ4n) is 2.53. The fourth-order valence-corrected chi connectivity index (χ4v) is 2.53. The summed E-state index contributed by atoms with van der Waals surface area (Å²) >= 11 is 0. The number of carbonyl (C=O) groups is 1. The molecule has 21 heavy (non-hydrogen) atoms. The molecule has 2 fully saturated rings. The Morgan fingerprint density at radius 1 is 1.29 bits per heavy atom. The summed E-state index contributed by atoms with van der Waals surface area (Å²) in [6.45, 7) is 17.5. The Bertz CT molecular complexity index is 383. The monoisotopic (exact) mass is 297 g/mol. The molecule has 0 atom stereocenters. The van der Waals surface area contributed by atoms with Crippen LogP contribution in [0.4, 0.5) is 0 Å². The van der Waals surface area contributed by atoms with E-state index in [1.165, 1.54) is 0 Å². The van der Waals surface area contributed by atoms with Crippen molar-refractivity contribution in [2.24, 2.45) is 5.41 Å². The molecule has 2 rings (SSSR count). The van der Waals surface area contributed by atoms with E-state index in [9.17, 15) is 4.79 Å². The van der Waals surface area contributed by atoms with Crippen LogP contribution < -0.4 is 5.32 Å².